The maximum absolute atomic E-state index is 12.8. The summed E-state index contributed by atoms with van der Waals surface area (Å²) in [7, 11) is 1.60. The molecule has 0 bridgehead atoms. The third kappa shape index (κ3) is 7.92. The Kier molecular flexibility index (Phi) is 9.68. The predicted molar refractivity (Wildman–Crippen MR) is 107 cm³/mol. The number of aliphatic carboxylic acids is 2. The molecule has 1 heterocycles. The van der Waals surface area contributed by atoms with Gasteiger partial charge in [-0.25, -0.2) is 4.79 Å². The lowest BCUT2D eigenvalue weighted by atomic mass is 10.1. The number of alkyl halides is 3. The van der Waals surface area contributed by atoms with E-state index in [1.165, 1.54) is 9.80 Å². The van der Waals surface area contributed by atoms with E-state index in [4.69, 9.17) is 20.7 Å². The molecule has 2 amide bonds. The van der Waals surface area contributed by atoms with Crippen molar-refractivity contribution >= 4 is 29.4 Å². The zero-order valence-corrected chi connectivity index (χ0v) is 17.1. The van der Waals surface area contributed by atoms with Crippen LogP contribution in [0.25, 0.3) is 0 Å². The molecule has 0 radical (unpaired) electrons. The maximum Gasteiger partial charge on any atom is 0.490 e. The Morgan fingerprint density at radius 1 is 1.22 bits per heavy atom. The number of benzene rings is 1. The van der Waals surface area contributed by atoms with Crippen LogP contribution in [0.3, 0.4) is 0 Å². The average Bonchev–Trinajstić information content (AvgIpc) is 2.80. The lowest BCUT2D eigenvalue weighted by Gasteiger charge is -2.18. The van der Waals surface area contributed by atoms with E-state index in [1.807, 2.05) is 0 Å². The van der Waals surface area contributed by atoms with Crippen molar-refractivity contribution in [3.05, 3.63) is 29.3 Å². The Morgan fingerprint density at radius 2 is 1.84 bits per heavy atom. The standard InChI is InChI=1S/C18H21N3O4.C2HF3O2/c1-20-15-7-6-13(5-3-2-4-9-19)11-14(15)18(25)21(12-16(20)22)10-8-17(23)24;3-2(4,5)1(6)7/h6-7,11H,2,4,8-10,12,19H2,1H3,(H,23,24);(H,6,7). The molecule has 0 aliphatic carbocycles. The van der Waals surface area contributed by atoms with Gasteiger partial charge in [-0.3, -0.25) is 14.4 Å². The van der Waals surface area contributed by atoms with Gasteiger partial charge in [0, 0.05) is 25.6 Å². The summed E-state index contributed by atoms with van der Waals surface area (Å²) in [6.07, 6.45) is -3.82. The highest BCUT2D eigenvalue weighted by atomic mass is 19.4. The molecule has 0 unspecified atom stereocenters. The minimum absolute atomic E-state index is 0.0143. The van der Waals surface area contributed by atoms with E-state index in [1.54, 1.807) is 25.2 Å². The molecule has 0 aromatic heterocycles. The normalized spacial score (nSPS) is 13.3. The van der Waals surface area contributed by atoms with Gasteiger partial charge in [0.2, 0.25) is 5.91 Å². The summed E-state index contributed by atoms with van der Waals surface area (Å²) in [6, 6.07) is 5.10. The Balaban J connectivity index is 0.000000633. The fraction of sp³-hybridized carbons (Fsp3) is 0.400. The summed E-state index contributed by atoms with van der Waals surface area (Å²) in [4.78, 5) is 47.4. The van der Waals surface area contributed by atoms with Crippen LogP contribution in [0.4, 0.5) is 18.9 Å². The van der Waals surface area contributed by atoms with Crippen LogP contribution < -0.4 is 10.6 Å². The van der Waals surface area contributed by atoms with Crippen molar-refractivity contribution in [2.45, 2.75) is 25.4 Å². The minimum Gasteiger partial charge on any atom is -0.481 e. The van der Waals surface area contributed by atoms with Crippen molar-refractivity contribution in [2.24, 2.45) is 5.73 Å². The Bertz CT molecular complexity index is 937. The molecule has 0 spiro atoms. The number of amides is 2. The van der Waals surface area contributed by atoms with Gasteiger partial charge < -0.3 is 25.7 Å². The van der Waals surface area contributed by atoms with Gasteiger partial charge in [-0.2, -0.15) is 13.2 Å². The first-order valence-corrected chi connectivity index (χ1v) is 9.29. The van der Waals surface area contributed by atoms with E-state index in [9.17, 15) is 27.6 Å². The van der Waals surface area contributed by atoms with Crippen LogP contribution >= 0.6 is 0 Å². The zero-order chi connectivity index (χ0) is 24.5. The molecule has 12 heteroatoms. The van der Waals surface area contributed by atoms with E-state index in [0.29, 0.717) is 29.8 Å². The number of rotatable bonds is 5. The maximum atomic E-state index is 12.8. The van der Waals surface area contributed by atoms with Gasteiger partial charge in [0.25, 0.3) is 5.91 Å². The van der Waals surface area contributed by atoms with Crippen molar-refractivity contribution in [3.8, 4) is 11.8 Å². The molecule has 4 N–H and O–H groups in total. The third-order valence-electron chi connectivity index (χ3n) is 4.15. The number of carboxylic acids is 2. The number of carbonyl (C=O) groups excluding carboxylic acids is 2. The number of carboxylic acid groups (broad SMARTS) is 2. The smallest absolute Gasteiger partial charge is 0.481 e. The van der Waals surface area contributed by atoms with E-state index in [-0.39, 0.29) is 31.3 Å². The lowest BCUT2D eigenvalue weighted by Crippen LogP contribution is -2.38. The van der Waals surface area contributed by atoms with Crippen molar-refractivity contribution in [3.63, 3.8) is 0 Å². The van der Waals surface area contributed by atoms with E-state index >= 15 is 0 Å². The predicted octanol–water partition coefficient (Wildman–Crippen LogP) is 1.30. The van der Waals surface area contributed by atoms with Gasteiger partial charge in [0.05, 0.1) is 17.7 Å². The number of hydrogen-bond donors (Lipinski definition) is 3. The number of fused-ring (bicyclic) bond motifs is 1. The molecular weight excluding hydrogens is 435 g/mol. The zero-order valence-electron chi connectivity index (χ0n) is 17.1. The number of hydrogen-bond acceptors (Lipinski definition) is 5. The minimum atomic E-state index is -5.08. The van der Waals surface area contributed by atoms with Crippen molar-refractivity contribution in [1.29, 1.82) is 0 Å². The van der Waals surface area contributed by atoms with Crippen LogP contribution in [0.1, 0.15) is 35.2 Å². The second-order valence-electron chi connectivity index (χ2n) is 6.55. The van der Waals surface area contributed by atoms with Crippen LogP contribution in [0, 0.1) is 11.8 Å². The fourth-order valence-corrected chi connectivity index (χ4v) is 2.49. The molecule has 0 fully saturated rings. The number of unbranched alkanes of at least 4 members (excludes halogenated alkanes) is 1. The van der Waals surface area contributed by atoms with Gasteiger partial charge >= 0.3 is 18.1 Å². The quantitative estimate of drug-likeness (QED) is 0.447. The van der Waals surface area contributed by atoms with Gasteiger partial charge in [-0.05, 0) is 31.2 Å². The van der Waals surface area contributed by atoms with E-state index in [2.05, 4.69) is 11.8 Å². The summed E-state index contributed by atoms with van der Waals surface area (Å²) < 4.78 is 31.7. The Labute approximate surface area is 181 Å². The molecule has 2 rings (SSSR count). The van der Waals surface area contributed by atoms with Crippen molar-refractivity contribution in [2.75, 3.05) is 31.6 Å². The number of halogens is 3. The highest BCUT2D eigenvalue weighted by Crippen LogP contribution is 2.26. The molecule has 9 nitrogen and oxygen atoms in total. The SMILES string of the molecule is CN1C(=O)CN(CCC(=O)O)C(=O)c2cc(C#CCCCN)ccc21.O=C(O)C(F)(F)F. The Morgan fingerprint density at radius 3 is 2.38 bits per heavy atom. The van der Waals surface area contributed by atoms with Crippen LogP contribution in [0.15, 0.2) is 18.2 Å². The number of anilines is 1. The van der Waals surface area contributed by atoms with Gasteiger partial charge in [-0.1, -0.05) is 11.8 Å². The second-order valence-corrected chi connectivity index (χ2v) is 6.55. The second kappa shape index (κ2) is 11.7. The molecule has 1 aliphatic rings. The average molecular weight is 457 g/mol. The number of nitrogens with two attached hydrogens (primary N) is 1. The first-order valence-electron chi connectivity index (χ1n) is 9.29. The monoisotopic (exact) mass is 457 g/mol. The molecule has 1 aliphatic heterocycles. The summed E-state index contributed by atoms with van der Waals surface area (Å²) in [5.74, 6) is 1.59. The molecule has 32 heavy (non-hydrogen) atoms. The van der Waals surface area contributed by atoms with Crippen LogP contribution in [-0.2, 0) is 14.4 Å². The number of likely N-dealkylation sites (N-methyl/N-ethyl adjacent to an activating group) is 1. The Hall–Kier alpha value is -3.59. The van der Waals surface area contributed by atoms with Crippen molar-refractivity contribution in [1.82, 2.24) is 4.90 Å². The van der Waals surface area contributed by atoms with Crippen LogP contribution in [0.5, 0.6) is 0 Å². The summed E-state index contributed by atoms with van der Waals surface area (Å²) in [5.41, 5.74) is 6.95. The molecular formula is C20H22F3N3O6. The molecule has 174 valence electrons. The molecule has 0 saturated carbocycles. The number of nitrogens with zero attached hydrogens (tertiary/aromatic N) is 2. The van der Waals surface area contributed by atoms with E-state index < -0.39 is 18.1 Å². The number of carbonyl (C=O) groups is 4. The van der Waals surface area contributed by atoms with E-state index in [0.717, 1.165) is 6.42 Å². The summed E-state index contributed by atoms with van der Waals surface area (Å²) in [6.45, 7) is 0.414. The molecule has 1 aromatic carbocycles. The van der Waals surface area contributed by atoms with Crippen molar-refractivity contribution < 1.29 is 42.6 Å². The van der Waals surface area contributed by atoms with Crippen LogP contribution in [-0.4, -0.2) is 71.7 Å². The van der Waals surface area contributed by atoms with Gasteiger partial charge in [0.1, 0.15) is 6.54 Å². The molecule has 0 saturated heterocycles. The first-order chi connectivity index (χ1) is 14.9. The van der Waals surface area contributed by atoms with Gasteiger partial charge in [0.15, 0.2) is 0 Å². The highest BCUT2D eigenvalue weighted by molar-refractivity contribution is 6.09. The fourth-order valence-electron chi connectivity index (χ4n) is 2.49. The molecule has 0 atom stereocenters. The summed E-state index contributed by atoms with van der Waals surface area (Å²) >= 11 is 0. The lowest BCUT2D eigenvalue weighted by molar-refractivity contribution is -0.192. The largest absolute Gasteiger partial charge is 0.490 e. The third-order valence-corrected chi connectivity index (χ3v) is 4.15. The highest BCUT2D eigenvalue weighted by Gasteiger charge is 2.38. The molecule has 1 aromatic rings. The van der Waals surface area contributed by atoms with Gasteiger partial charge in [-0.15, -0.1) is 0 Å². The first kappa shape index (κ1) is 26.4. The summed E-state index contributed by atoms with van der Waals surface area (Å²) in [5, 5.41) is 16.0. The van der Waals surface area contributed by atoms with Crippen LogP contribution in [0.2, 0.25) is 0 Å². The topological polar surface area (TPSA) is 141 Å².